The lowest BCUT2D eigenvalue weighted by molar-refractivity contribution is -0.140. The van der Waals surface area contributed by atoms with Gasteiger partial charge in [0, 0.05) is 32.7 Å². The Balaban J connectivity index is 1.40. The Kier molecular flexibility index (Phi) is 5.02. The number of aryl methyl sites for hydroxylation is 1. The Bertz CT molecular complexity index is 807. The Morgan fingerprint density at radius 2 is 1.70 bits per heavy atom. The van der Waals surface area contributed by atoms with Crippen molar-refractivity contribution in [2.45, 2.75) is 31.8 Å². The normalized spacial score (nSPS) is 20.6. The fraction of sp³-hybridized carbons (Fsp3) is 0.435. The average Bonchev–Trinajstić information content (AvgIpc) is 2.69. The smallest absolute Gasteiger partial charge is 0.240 e. The van der Waals surface area contributed by atoms with Crippen LogP contribution in [0, 0.1) is 6.92 Å². The van der Waals surface area contributed by atoms with E-state index in [1.807, 2.05) is 0 Å². The second kappa shape index (κ2) is 7.45. The summed E-state index contributed by atoms with van der Waals surface area (Å²) < 4.78 is 0. The van der Waals surface area contributed by atoms with Gasteiger partial charge in [-0.3, -0.25) is 14.6 Å². The van der Waals surface area contributed by atoms with E-state index in [9.17, 15) is 4.79 Å². The van der Waals surface area contributed by atoms with E-state index in [0.29, 0.717) is 0 Å². The van der Waals surface area contributed by atoms with Crippen LogP contribution in [0.4, 0.5) is 0 Å². The van der Waals surface area contributed by atoms with Crippen LogP contribution in [-0.4, -0.2) is 54.5 Å². The molecule has 0 aliphatic carbocycles. The van der Waals surface area contributed by atoms with Crippen molar-refractivity contribution in [3.63, 3.8) is 0 Å². The van der Waals surface area contributed by atoms with Gasteiger partial charge in [-0.15, -0.1) is 0 Å². The predicted molar refractivity (Wildman–Crippen MR) is 109 cm³/mol. The number of hydrogen-bond acceptors (Lipinski definition) is 3. The van der Waals surface area contributed by atoms with E-state index in [1.165, 1.54) is 22.3 Å². The first kappa shape index (κ1) is 18.2. The summed E-state index contributed by atoms with van der Waals surface area (Å²) in [6.07, 6.45) is 1.83. The molecular weight excluding hydrogens is 334 g/mol. The lowest BCUT2D eigenvalue weighted by Crippen LogP contribution is -2.66. The summed E-state index contributed by atoms with van der Waals surface area (Å²) in [5, 5.41) is 3.06. The van der Waals surface area contributed by atoms with Gasteiger partial charge in [-0.2, -0.15) is 0 Å². The summed E-state index contributed by atoms with van der Waals surface area (Å²) in [6.45, 7) is 6.77. The number of likely N-dealkylation sites (tertiary alicyclic amines) is 1. The van der Waals surface area contributed by atoms with Crippen molar-refractivity contribution < 1.29 is 4.79 Å². The number of nitrogens with one attached hydrogen (secondary N) is 1. The molecule has 0 radical (unpaired) electrons. The van der Waals surface area contributed by atoms with Crippen LogP contribution in [0.1, 0.15) is 24.0 Å². The molecule has 4 nitrogen and oxygen atoms in total. The molecule has 2 saturated heterocycles. The number of benzene rings is 2. The fourth-order valence-electron chi connectivity index (χ4n) is 4.52. The van der Waals surface area contributed by atoms with Gasteiger partial charge in [-0.05, 0) is 49.1 Å². The van der Waals surface area contributed by atoms with Gasteiger partial charge in [0.2, 0.25) is 5.91 Å². The Hall–Kier alpha value is -2.17. The van der Waals surface area contributed by atoms with Gasteiger partial charge >= 0.3 is 0 Å². The van der Waals surface area contributed by atoms with E-state index in [0.717, 1.165) is 45.6 Å². The lowest BCUT2D eigenvalue weighted by atomic mass is 9.83. The quantitative estimate of drug-likeness (QED) is 0.910. The zero-order chi connectivity index (χ0) is 18.9. The molecule has 1 N–H and O–H groups in total. The Morgan fingerprint density at radius 1 is 1.00 bits per heavy atom. The molecule has 2 aromatic rings. The number of amides is 1. The molecule has 0 bridgehead atoms. The van der Waals surface area contributed by atoms with E-state index in [4.69, 9.17) is 0 Å². The van der Waals surface area contributed by atoms with E-state index in [2.05, 4.69) is 77.6 Å². The summed E-state index contributed by atoms with van der Waals surface area (Å²) in [6, 6.07) is 17.5. The van der Waals surface area contributed by atoms with Crippen molar-refractivity contribution in [3.8, 4) is 11.1 Å². The molecule has 142 valence electrons. The van der Waals surface area contributed by atoms with Crippen molar-refractivity contribution in [1.82, 2.24) is 15.1 Å². The maximum atomic E-state index is 12.5. The third-order valence-electron chi connectivity index (χ3n) is 6.39. The summed E-state index contributed by atoms with van der Waals surface area (Å²) in [5.74, 6) is 0.221. The van der Waals surface area contributed by atoms with E-state index >= 15 is 0 Å². The molecule has 2 heterocycles. The lowest BCUT2D eigenvalue weighted by Gasteiger charge is -2.48. The summed E-state index contributed by atoms with van der Waals surface area (Å²) >= 11 is 0. The number of carbonyl (C=O) groups excluding carboxylic acids is 1. The fourth-order valence-corrected chi connectivity index (χ4v) is 4.52. The standard InChI is InChI=1S/C23H29N3O/c1-18-5-3-4-6-21(18)20-9-7-19(8-10-20)17-26-14-11-23(12-15-26)22(27)24-13-16-25(23)2/h3-10H,11-17H2,1-2H3,(H,24,27). The van der Waals surface area contributed by atoms with Crippen molar-refractivity contribution in [2.24, 2.45) is 0 Å². The highest BCUT2D eigenvalue weighted by atomic mass is 16.2. The molecule has 0 unspecified atom stereocenters. The van der Waals surface area contributed by atoms with Gasteiger partial charge in [-0.25, -0.2) is 0 Å². The molecule has 0 aromatic heterocycles. The predicted octanol–water partition coefficient (Wildman–Crippen LogP) is 3.06. The minimum Gasteiger partial charge on any atom is -0.353 e. The van der Waals surface area contributed by atoms with Crippen molar-refractivity contribution >= 4 is 5.91 Å². The molecule has 2 aliphatic rings. The summed E-state index contributed by atoms with van der Waals surface area (Å²) in [7, 11) is 2.10. The van der Waals surface area contributed by atoms with E-state index < -0.39 is 0 Å². The highest BCUT2D eigenvalue weighted by Gasteiger charge is 2.46. The number of piperazine rings is 1. The highest BCUT2D eigenvalue weighted by Crippen LogP contribution is 2.31. The zero-order valence-corrected chi connectivity index (χ0v) is 16.4. The number of piperidine rings is 1. The van der Waals surface area contributed by atoms with Crippen molar-refractivity contribution in [3.05, 3.63) is 59.7 Å². The number of nitrogens with zero attached hydrogens (tertiary/aromatic N) is 2. The summed E-state index contributed by atoms with van der Waals surface area (Å²) in [4.78, 5) is 17.2. The van der Waals surface area contributed by atoms with Crippen LogP contribution in [0.2, 0.25) is 0 Å². The van der Waals surface area contributed by atoms with Crippen molar-refractivity contribution in [2.75, 3.05) is 33.2 Å². The van der Waals surface area contributed by atoms with Gasteiger partial charge in [0.1, 0.15) is 5.54 Å². The van der Waals surface area contributed by atoms with Gasteiger partial charge in [0.15, 0.2) is 0 Å². The van der Waals surface area contributed by atoms with Gasteiger partial charge < -0.3 is 5.32 Å². The molecule has 2 fully saturated rings. The second-order valence-corrected chi connectivity index (χ2v) is 8.00. The molecule has 1 spiro atoms. The number of hydrogen-bond donors (Lipinski definition) is 1. The zero-order valence-electron chi connectivity index (χ0n) is 16.4. The first-order chi connectivity index (χ1) is 13.1. The van der Waals surface area contributed by atoms with Crippen LogP contribution < -0.4 is 5.32 Å². The van der Waals surface area contributed by atoms with Crippen LogP contribution in [0.25, 0.3) is 11.1 Å². The SMILES string of the molecule is Cc1ccccc1-c1ccc(CN2CCC3(CC2)C(=O)NCCN3C)cc1. The van der Waals surface area contributed by atoms with E-state index in [1.54, 1.807) is 0 Å². The molecule has 27 heavy (non-hydrogen) atoms. The van der Waals surface area contributed by atoms with E-state index in [-0.39, 0.29) is 11.4 Å². The average molecular weight is 364 g/mol. The van der Waals surface area contributed by atoms with Gasteiger partial charge in [0.25, 0.3) is 0 Å². The third kappa shape index (κ3) is 3.52. The molecule has 4 rings (SSSR count). The molecule has 2 aromatic carbocycles. The van der Waals surface area contributed by atoms with Crippen LogP contribution in [-0.2, 0) is 11.3 Å². The number of likely N-dealkylation sites (N-methyl/N-ethyl adjacent to an activating group) is 1. The molecule has 0 saturated carbocycles. The summed E-state index contributed by atoms with van der Waals surface area (Å²) in [5.41, 5.74) is 4.93. The topological polar surface area (TPSA) is 35.6 Å². The minimum atomic E-state index is -0.288. The van der Waals surface area contributed by atoms with Gasteiger partial charge in [0.05, 0.1) is 0 Å². The maximum Gasteiger partial charge on any atom is 0.240 e. The largest absolute Gasteiger partial charge is 0.353 e. The second-order valence-electron chi connectivity index (χ2n) is 8.00. The molecule has 1 amide bonds. The molecular formula is C23H29N3O. The molecule has 0 atom stereocenters. The third-order valence-corrected chi connectivity index (χ3v) is 6.39. The Labute approximate surface area is 162 Å². The first-order valence-corrected chi connectivity index (χ1v) is 9.95. The Morgan fingerprint density at radius 3 is 2.37 bits per heavy atom. The molecule has 2 aliphatic heterocycles. The van der Waals surface area contributed by atoms with Crippen LogP contribution in [0.15, 0.2) is 48.5 Å². The highest BCUT2D eigenvalue weighted by molar-refractivity contribution is 5.87. The van der Waals surface area contributed by atoms with Crippen LogP contribution in [0.5, 0.6) is 0 Å². The monoisotopic (exact) mass is 363 g/mol. The van der Waals surface area contributed by atoms with Crippen LogP contribution >= 0.6 is 0 Å². The minimum absolute atomic E-state index is 0.221. The van der Waals surface area contributed by atoms with Crippen molar-refractivity contribution in [1.29, 1.82) is 0 Å². The number of carbonyl (C=O) groups is 1. The van der Waals surface area contributed by atoms with Gasteiger partial charge in [-0.1, -0.05) is 48.5 Å². The number of rotatable bonds is 3. The van der Waals surface area contributed by atoms with Crippen LogP contribution in [0.3, 0.4) is 0 Å². The first-order valence-electron chi connectivity index (χ1n) is 9.95. The maximum absolute atomic E-state index is 12.5. The molecule has 4 heteroatoms.